The van der Waals surface area contributed by atoms with Crippen LogP contribution in [0.2, 0.25) is 0 Å². The number of carbonyl (C=O) groups is 1. The predicted octanol–water partition coefficient (Wildman–Crippen LogP) is 2.31. The Bertz CT molecular complexity index is 252. The van der Waals surface area contributed by atoms with E-state index < -0.39 is 0 Å². The topological polar surface area (TPSA) is 43.1 Å². The first-order chi connectivity index (χ1) is 6.27. The predicted molar refractivity (Wildman–Crippen MR) is 56.1 cm³/mol. The molecule has 0 bridgehead atoms. The van der Waals surface area contributed by atoms with Crippen molar-refractivity contribution < 1.29 is 4.79 Å². The maximum absolute atomic E-state index is 11.6. The molecule has 0 saturated heterocycles. The Labute approximate surface area is 82.8 Å². The summed E-state index contributed by atoms with van der Waals surface area (Å²) in [6.07, 6.45) is 1.57. The minimum atomic E-state index is 0.229. The van der Waals surface area contributed by atoms with Gasteiger partial charge in [0, 0.05) is 6.42 Å². The number of rotatable bonds is 5. The molecule has 0 saturated carbocycles. The average Bonchev–Trinajstić information content (AvgIpc) is 2.66. The van der Waals surface area contributed by atoms with Gasteiger partial charge in [-0.1, -0.05) is 19.4 Å². The summed E-state index contributed by atoms with van der Waals surface area (Å²) < 4.78 is 0. The van der Waals surface area contributed by atoms with Gasteiger partial charge in [0.05, 0.1) is 4.88 Å². The lowest BCUT2D eigenvalue weighted by molar-refractivity contribution is 0.0965. The van der Waals surface area contributed by atoms with Gasteiger partial charge in [-0.05, 0) is 23.9 Å². The van der Waals surface area contributed by atoms with Gasteiger partial charge < -0.3 is 5.73 Å². The molecule has 0 fully saturated rings. The van der Waals surface area contributed by atoms with Crippen LogP contribution in [-0.2, 0) is 0 Å². The molecule has 1 rings (SSSR count). The quantitative estimate of drug-likeness (QED) is 0.736. The van der Waals surface area contributed by atoms with Gasteiger partial charge in [-0.2, -0.15) is 0 Å². The second-order valence-corrected chi connectivity index (χ2v) is 4.06. The van der Waals surface area contributed by atoms with Crippen LogP contribution in [0.3, 0.4) is 0 Å². The Morgan fingerprint density at radius 3 is 2.92 bits per heavy atom. The first-order valence-electron chi connectivity index (χ1n) is 4.54. The molecule has 1 aromatic rings. The van der Waals surface area contributed by atoms with Crippen molar-refractivity contribution >= 4 is 17.1 Å². The number of carbonyl (C=O) groups excluding carboxylic acids is 1. The molecule has 3 heteroatoms. The lowest BCUT2D eigenvalue weighted by atomic mass is 9.99. The Morgan fingerprint density at radius 2 is 2.46 bits per heavy atom. The van der Waals surface area contributed by atoms with Gasteiger partial charge >= 0.3 is 0 Å². The number of ketones is 1. The molecular weight excluding hydrogens is 182 g/mol. The summed E-state index contributed by atoms with van der Waals surface area (Å²) in [7, 11) is 0. The van der Waals surface area contributed by atoms with Gasteiger partial charge in [-0.25, -0.2) is 0 Å². The van der Waals surface area contributed by atoms with Gasteiger partial charge in [0.1, 0.15) is 0 Å². The summed E-state index contributed by atoms with van der Waals surface area (Å²) in [5.74, 6) is 0.571. The average molecular weight is 197 g/mol. The van der Waals surface area contributed by atoms with Crippen molar-refractivity contribution in [2.45, 2.75) is 19.8 Å². The van der Waals surface area contributed by atoms with E-state index in [0.29, 0.717) is 18.9 Å². The Balaban J connectivity index is 2.50. The zero-order chi connectivity index (χ0) is 9.68. The molecular formula is C10H15NOS. The van der Waals surface area contributed by atoms with Crippen molar-refractivity contribution in [1.29, 1.82) is 0 Å². The molecule has 1 aromatic heterocycles. The Morgan fingerprint density at radius 1 is 1.69 bits per heavy atom. The van der Waals surface area contributed by atoms with E-state index in [0.717, 1.165) is 11.3 Å². The molecule has 0 aliphatic rings. The van der Waals surface area contributed by atoms with Crippen molar-refractivity contribution in [3.63, 3.8) is 0 Å². The maximum Gasteiger partial charge on any atom is 0.173 e. The molecule has 0 aliphatic heterocycles. The van der Waals surface area contributed by atoms with Crippen LogP contribution >= 0.6 is 11.3 Å². The Kier molecular flexibility index (Phi) is 4.12. The summed E-state index contributed by atoms with van der Waals surface area (Å²) in [5.41, 5.74) is 5.54. The molecule has 0 aromatic carbocycles. The second kappa shape index (κ2) is 5.14. The van der Waals surface area contributed by atoms with E-state index >= 15 is 0 Å². The van der Waals surface area contributed by atoms with Crippen LogP contribution in [-0.4, -0.2) is 12.3 Å². The van der Waals surface area contributed by atoms with Gasteiger partial charge in [0.15, 0.2) is 5.78 Å². The van der Waals surface area contributed by atoms with Crippen molar-refractivity contribution in [3.8, 4) is 0 Å². The molecule has 13 heavy (non-hydrogen) atoms. The monoisotopic (exact) mass is 197 g/mol. The maximum atomic E-state index is 11.6. The molecule has 0 spiro atoms. The summed E-state index contributed by atoms with van der Waals surface area (Å²) in [4.78, 5) is 12.4. The highest BCUT2D eigenvalue weighted by Crippen LogP contribution is 2.15. The normalized spacial score (nSPS) is 12.8. The van der Waals surface area contributed by atoms with Crippen molar-refractivity contribution in [2.75, 3.05) is 6.54 Å². The van der Waals surface area contributed by atoms with Crippen LogP contribution in [0.4, 0.5) is 0 Å². The van der Waals surface area contributed by atoms with Crippen LogP contribution in [0, 0.1) is 5.92 Å². The van der Waals surface area contributed by atoms with Crippen LogP contribution in [0.25, 0.3) is 0 Å². The molecule has 2 nitrogen and oxygen atoms in total. The van der Waals surface area contributed by atoms with E-state index in [1.807, 2.05) is 17.5 Å². The highest BCUT2D eigenvalue weighted by Gasteiger charge is 2.12. The summed E-state index contributed by atoms with van der Waals surface area (Å²) >= 11 is 1.50. The molecule has 0 aliphatic carbocycles. The smallest absolute Gasteiger partial charge is 0.173 e. The summed E-state index contributed by atoms with van der Waals surface area (Å²) in [6.45, 7) is 2.67. The summed E-state index contributed by atoms with van der Waals surface area (Å²) in [5, 5.41) is 1.93. The SMILES string of the molecule is CCC(CN)CC(=O)c1cccs1. The Hall–Kier alpha value is -0.670. The van der Waals surface area contributed by atoms with Gasteiger partial charge in [-0.15, -0.1) is 11.3 Å². The fraction of sp³-hybridized carbons (Fsp3) is 0.500. The minimum Gasteiger partial charge on any atom is -0.330 e. The number of thiophene rings is 1. The fourth-order valence-electron chi connectivity index (χ4n) is 1.19. The van der Waals surface area contributed by atoms with E-state index in [9.17, 15) is 4.79 Å². The molecule has 1 atom stereocenters. The number of hydrogen-bond acceptors (Lipinski definition) is 3. The van der Waals surface area contributed by atoms with Gasteiger partial charge in [0.25, 0.3) is 0 Å². The lowest BCUT2D eigenvalue weighted by Crippen LogP contribution is -2.17. The molecule has 2 N–H and O–H groups in total. The van der Waals surface area contributed by atoms with Crippen LogP contribution in [0.1, 0.15) is 29.4 Å². The number of hydrogen-bond donors (Lipinski definition) is 1. The van der Waals surface area contributed by atoms with E-state index in [1.165, 1.54) is 11.3 Å². The number of nitrogens with two attached hydrogens (primary N) is 1. The third kappa shape index (κ3) is 2.94. The first-order valence-corrected chi connectivity index (χ1v) is 5.42. The van der Waals surface area contributed by atoms with Crippen molar-refractivity contribution in [1.82, 2.24) is 0 Å². The third-order valence-electron chi connectivity index (χ3n) is 2.18. The molecule has 72 valence electrons. The van der Waals surface area contributed by atoms with Crippen molar-refractivity contribution in [3.05, 3.63) is 22.4 Å². The van der Waals surface area contributed by atoms with Crippen LogP contribution in [0.15, 0.2) is 17.5 Å². The first kappa shape index (κ1) is 10.4. The molecule has 0 radical (unpaired) electrons. The third-order valence-corrected chi connectivity index (χ3v) is 3.09. The highest BCUT2D eigenvalue weighted by atomic mass is 32.1. The number of Topliss-reactive ketones (excluding diaryl/α,β-unsaturated/α-hetero) is 1. The van der Waals surface area contributed by atoms with E-state index in [4.69, 9.17) is 5.73 Å². The molecule has 0 amide bonds. The van der Waals surface area contributed by atoms with E-state index in [1.54, 1.807) is 0 Å². The largest absolute Gasteiger partial charge is 0.330 e. The van der Waals surface area contributed by atoms with Gasteiger partial charge in [-0.3, -0.25) is 4.79 Å². The standard InChI is InChI=1S/C10H15NOS/c1-2-8(7-11)6-9(12)10-4-3-5-13-10/h3-5,8H,2,6-7,11H2,1H3. The summed E-state index contributed by atoms with van der Waals surface area (Å²) in [6, 6.07) is 3.78. The zero-order valence-corrected chi connectivity index (χ0v) is 8.64. The fourth-order valence-corrected chi connectivity index (χ4v) is 1.87. The zero-order valence-electron chi connectivity index (χ0n) is 7.82. The van der Waals surface area contributed by atoms with Crippen molar-refractivity contribution in [2.24, 2.45) is 11.7 Å². The van der Waals surface area contributed by atoms with Crippen LogP contribution < -0.4 is 5.73 Å². The molecule has 1 heterocycles. The highest BCUT2D eigenvalue weighted by molar-refractivity contribution is 7.12. The minimum absolute atomic E-state index is 0.229. The van der Waals surface area contributed by atoms with Crippen LogP contribution in [0.5, 0.6) is 0 Å². The second-order valence-electron chi connectivity index (χ2n) is 3.11. The van der Waals surface area contributed by atoms with Gasteiger partial charge in [0.2, 0.25) is 0 Å². The van der Waals surface area contributed by atoms with E-state index in [-0.39, 0.29) is 5.78 Å². The lowest BCUT2D eigenvalue weighted by Gasteiger charge is -2.09. The molecule has 1 unspecified atom stereocenters. The van der Waals surface area contributed by atoms with E-state index in [2.05, 4.69) is 6.92 Å².